The molecule has 1 unspecified atom stereocenters. The zero-order valence-electron chi connectivity index (χ0n) is 8.16. The molecule has 78 valence electrons. The minimum Gasteiger partial charge on any atom is -0.423 e. The Bertz CT molecular complexity index is 490. The molecule has 1 aromatic carbocycles. The van der Waals surface area contributed by atoms with Crippen molar-refractivity contribution in [3.8, 4) is 5.75 Å². The molecule has 3 nitrogen and oxygen atoms in total. The number of H-pyrrole nitrogens is 1. The van der Waals surface area contributed by atoms with Crippen molar-refractivity contribution in [2.75, 3.05) is 0 Å². The highest BCUT2D eigenvalue weighted by Crippen LogP contribution is 2.25. The normalized spacial score (nSPS) is 12.7. The topological polar surface area (TPSA) is 42.1 Å². The van der Waals surface area contributed by atoms with E-state index in [1.165, 1.54) is 0 Å². The zero-order chi connectivity index (χ0) is 10.8. The maximum absolute atomic E-state index is 11.3. The fourth-order valence-corrected chi connectivity index (χ4v) is 1.36. The van der Waals surface area contributed by atoms with Gasteiger partial charge in [-0.25, -0.2) is 0 Å². The molecule has 0 fully saturated rings. The summed E-state index contributed by atoms with van der Waals surface area (Å²) < 4.78 is 5.13. The minimum atomic E-state index is -0.640. The molecule has 0 aliphatic carbocycles. The van der Waals surface area contributed by atoms with E-state index >= 15 is 0 Å². The standard InChI is InChI=1S/C11H10ClNO2/c1-7(12)11(14)15-10-6-13-9-5-3-2-4-8(9)10/h2-7,13H,1H3. The van der Waals surface area contributed by atoms with Gasteiger partial charge in [-0.2, -0.15) is 0 Å². The van der Waals surface area contributed by atoms with E-state index in [4.69, 9.17) is 16.3 Å². The number of hydrogen-bond acceptors (Lipinski definition) is 2. The number of carbonyl (C=O) groups is 1. The average Bonchev–Trinajstić information content (AvgIpc) is 2.62. The second-order valence-corrected chi connectivity index (χ2v) is 3.89. The van der Waals surface area contributed by atoms with Gasteiger partial charge in [0.25, 0.3) is 0 Å². The van der Waals surface area contributed by atoms with Crippen molar-refractivity contribution in [1.82, 2.24) is 4.98 Å². The van der Waals surface area contributed by atoms with Gasteiger partial charge in [0.2, 0.25) is 0 Å². The summed E-state index contributed by atoms with van der Waals surface area (Å²) in [4.78, 5) is 14.3. The third kappa shape index (κ3) is 1.97. The molecule has 1 heterocycles. The number of rotatable bonds is 2. The van der Waals surface area contributed by atoms with Gasteiger partial charge in [-0.3, -0.25) is 4.79 Å². The van der Waals surface area contributed by atoms with E-state index in [9.17, 15) is 4.79 Å². The van der Waals surface area contributed by atoms with Crippen LogP contribution in [0.1, 0.15) is 6.92 Å². The Labute approximate surface area is 92.0 Å². The number of fused-ring (bicyclic) bond motifs is 1. The molecule has 4 heteroatoms. The summed E-state index contributed by atoms with van der Waals surface area (Å²) >= 11 is 5.61. The van der Waals surface area contributed by atoms with E-state index in [1.54, 1.807) is 13.1 Å². The van der Waals surface area contributed by atoms with Crippen molar-refractivity contribution in [1.29, 1.82) is 0 Å². The highest BCUT2D eigenvalue weighted by atomic mass is 35.5. The molecule has 0 amide bonds. The lowest BCUT2D eigenvalue weighted by atomic mass is 10.2. The molecule has 0 aliphatic heterocycles. The van der Waals surface area contributed by atoms with E-state index in [0.717, 1.165) is 10.9 Å². The van der Waals surface area contributed by atoms with Crippen LogP contribution in [0.15, 0.2) is 30.5 Å². The second kappa shape index (κ2) is 3.95. The van der Waals surface area contributed by atoms with Gasteiger partial charge in [0.05, 0.1) is 0 Å². The number of hydrogen-bond donors (Lipinski definition) is 1. The average molecular weight is 224 g/mol. The summed E-state index contributed by atoms with van der Waals surface area (Å²) in [6.45, 7) is 1.58. The van der Waals surface area contributed by atoms with E-state index in [2.05, 4.69) is 4.98 Å². The molecule has 0 aliphatic rings. The van der Waals surface area contributed by atoms with Crippen molar-refractivity contribution >= 4 is 28.5 Å². The van der Waals surface area contributed by atoms with Gasteiger partial charge in [0, 0.05) is 17.1 Å². The highest BCUT2D eigenvalue weighted by Gasteiger charge is 2.14. The molecule has 0 saturated carbocycles. The Hall–Kier alpha value is -1.48. The van der Waals surface area contributed by atoms with Gasteiger partial charge in [-0.05, 0) is 19.1 Å². The van der Waals surface area contributed by atoms with Crippen molar-refractivity contribution < 1.29 is 9.53 Å². The number of benzene rings is 1. The van der Waals surface area contributed by atoms with Crippen LogP contribution in [-0.2, 0) is 4.79 Å². The van der Waals surface area contributed by atoms with Crippen LogP contribution in [0.25, 0.3) is 10.9 Å². The summed E-state index contributed by atoms with van der Waals surface area (Å²) in [7, 11) is 0. The van der Waals surface area contributed by atoms with Crippen LogP contribution in [0, 0.1) is 0 Å². The number of aromatic amines is 1. The summed E-state index contributed by atoms with van der Waals surface area (Å²) in [5, 5.41) is 0.238. The Balaban J connectivity index is 2.33. The van der Waals surface area contributed by atoms with E-state index in [1.807, 2.05) is 24.3 Å². The lowest BCUT2D eigenvalue weighted by Gasteiger charge is -2.03. The van der Waals surface area contributed by atoms with Crippen LogP contribution in [0.5, 0.6) is 5.75 Å². The van der Waals surface area contributed by atoms with Crippen LogP contribution < -0.4 is 4.74 Å². The van der Waals surface area contributed by atoms with Crippen LogP contribution in [-0.4, -0.2) is 16.3 Å². The van der Waals surface area contributed by atoms with E-state index in [-0.39, 0.29) is 0 Å². The molecule has 2 rings (SSSR count). The number of halogens is 1. The summed E-state index contributed by atoms with van der Waals surface area (Å²) in [6.07, 6.45) is 1.65. The second-order valence-electron chi connectivity index (χ2n) is 3.24. The zero-order valence-corrected chi connectivity index (χ0v) is 8.91. The Morgan fingerprint density at radius 3 is 2.93 bits per heavy atom. The third-order valence-electron chi connectivity index (χ3n) is 2.09. The van der Waals surface area contributed by atoms with Gasteiger partial charge >= 0.3 is 5.97 Å². The largest absolute Gasteiger partial charge is 0.423 e. The first-order valence-corrected chi connectivity index (χ1v) is 5.04. The monoisotopic (exact) mass is 223 g/mol. The molecule has 2 aromatic rings. The maximum atomic E-state index is 11.3. The molecule has 1 N–H and O–H groups in total. The Morgan fingerprint density at radius 1 is 1.47 bits per heavy atom. The smallest absolute Gasteiger partial charge is 0.329 e. The Kier molecular flexibility index (Phi) is 2.64. The quantitative estimate of drug-likeness (QED) is 0.628. The van der Waals surface area contributed by atoms with Gasteiger partial charge in [-0.1, -0.05) is 12.1 Å². The van der Waals surface area contributed by atoms with Gasteiger partial charge < -0.3 is 9.72 Å². The highest BCUT2D eigenvalue weighted by molar-refractivity contribution is 6.29. The molecule has 0 spiro atoms. The fourth-order valence-electron chi connectivity index (χ4n) is 1.32. The van der Waals surface area contributed by atoms with Crippen LogP contribution in [0.3, 0.4) is 0 Å². The Morgan fingerprint density at radius 2 is 2.20 bits per heavy atom. The SMILES string of the molecule is CC(Cl)C(=O)Oc1c[nH]c2ccccc12. The number of carbonyl (C=O) groups excluding carboxylic acids is 1. The van der Waals surface area contributed by atoms with E-state index < -0.39 is 11.3 Å². The fraction of sp³-hybridized carbons (Fsp3) is 0.182. The first kappa shape index (κ1) is 10.1. The summed E-state index contributed by atoms with van der Waals surface area (Å²) in [5.74, 6) is 0.0736. The van der Waals surface area contributed by atoms with Gasteiger partial charge in [0.15, 0.2) is 5.75 Å². The van der Waals surface area contributed by atoms with Gasteiger partial charge in [-0.15, -0.1) is 11.6 Å². The van der Waals surface area contributed by atoms with Crippen LogP contribution in [0.4, 0.5) is 0 Å². The number of para-hydroxylation sites is 1. The van der Waals surface area contributed by atoms with Crippen molar-refractivity contribution in [2.24, 2.45) is 0 Å². The lowest BCUT2D eigenvalue weighted by molar-refractivity contribution is -0.133. The number of aromatic nitrogens is 1. The van der Waals surface area contributed by atoms with Crippen molar-refractivity contribution in [3.63, 3.8) is 0 Å². The summed E-state index contributed by atoms with van der Waals surface area (Å²) in [6, 6.07) is 7.59. The predicted molar refractivity (Wildman–Crippen MR) is 59.2 cm³/mol. The summed E-state index contributed by atoms with van der Waals surface area (Å²) in [5.41, 5.74) is 0.933. The molecule has 1 aromatic heterocycles. The third-order valence-corrected chi connectivity index (χ3v) is 2.26. The van der Waals surface area contributed by atoms with Crippen LogP contribution >= 0.6 is 11.6 Å². The predicted octanol–water partition coefficient (Wildman–Crippen LogP) is 2.70. The molecule has 0 bridgehead atoms. The van der Waals surface area contributed by atoms with Crippen molar-refractivity contribution in [3.05, 3.63) is 30.5 Å². The van der Waals surface area contributed by atoms with Crippen LogP contribution in [0.2, 0.25) is 0 Å². The van der Waals surface area contributed by atoms with Gasteiger partial charge in [0.1, 0.15) is 5.38 Å². The minimum absolute atomic E-state index is 0.443. The number of esters is 1. The molecular formula is C11H10ClNO2. The molecule has 0 radical (unpaired) electrons. The lowest BCUT2D eigenvalue weighted by Crippen LogP contribution is -2.17. The van der Waals surface area contributed by atoms with Crippen molar-refractivity contribution in [2.45, 2.75) is 12.3 Å². The molecule has 15 heavy (non-hydrogen) atoms. The molecule has 1 atom stereocenters. The number of alkyl halides is 1. The maximum Gasteiger partial charge on any atom is 0.329 e. The first-order valence-electron chi connectivity index (χ1n) is 4.60. The number of nitrogens with one attached hydrogen (secondary N) is 1. The molecular weight excluding hydrogens is 214 g/mol. The van der Waals surface area contributed by atoms with E-state index in [0.29, 0.717) is 5.75 Å². The molecule has 0 saturated heterocycles. The first-order chi connectivity index (χ1) is 7.18. The number of ether oxygens (including phenoxy) is 1.